The van der Waals surface area contributed by atoms with Gasteiger partial charge in [0.2, 0.25) is 0 Å². The Bertz CT molecular complexity index is 624. The number of thiophene rings is 1. The Balaban J connectivity index is 1.44. The van der Waals surface area contributed by atoms with Crippen LogP contribution in [0.1, 0.15) is 32.3 Å². The second-order valence-corrected chi connectivity index (χ2v) is 8.31. The first-order valence-electron chi connectivity index (χ1n) is 9.04. The van der Waals surface area contributed by atoms with Gasteiger partial charge >= 0.3 is 0 Å². The Morgan fingerprint density at radius 2 is 2.29 bits per heavy atom. The molecule has 0 amide bonds. The molecule has 0 spiro atoms. The van der Waals surface area contributed by atoms with E-state index in [2.05, 4.69) is 50.6 Å². The van der Waals surface area contributed by atoms with Crippen molar-refractivity contribution in [1.29, 1.82) is 0 Å². The highest BCUT2D eigenvalue weighted by Gasteiger charge is 2.44. The van der Waals surface area contributed by atoms with Crippen molar-refractivity contribution in [2.75, 3.05) is 13.1 Å². The van der Waals surface area contributed by atoms with E-state index in [1.54, 1.807) is 17.7 Å². The van der Waals surface area contributed by atoms with Crippen molar-refractivity contribution in [3.05, 3.63) is 35.0 Å². The smallest absolute Gasteiger partial charge is 0.137 e. The van der Waals surface area contributed by atoms with Crippen LogP contribution in [0, 0.1) is 5.92 Å². The standard InChI is InChI=1S/C18H27N5S/c1-14(2)23-17(10-22-13-19-12-20-22)7-16-9-21(5-3-18(16)23)8-15-4-6-24-11-15/h4,6,11-14,16-18H,3,5,7-10H2,1-2H3/t16-,17+,18+/m0/s1. The topological polar surface area (TPSA) is 37.2 Å². The minimum Gasteiger partial charge on any atom is -0.299 e. The summed E-state index contributed by atoms with van der Waals surface area (Å²) in [7, 11) is 0. The summed E-state index contributed by atoms with van der Waals surface area (Å²) in [6, 6.07) is 4.18. The fourth-order valence-electron chi connectivity index (χ4n) is 4.76. The molecule has 0 aliphatic carbocycles. The third-order valence-corrected chi connectivity index (χ3v) is 6.34. The number of piperidine rings is 1. The Morgan fingerprint density at radius 1 is 1.38 bits per heavy atom. The van der Waals surface area contributed by atoms with Crippen LogP contribution in [0.5, 0.6) is 0 Å². The molecule has 3 atom stereocenters. The van der Waals surface area contributed by atoms with E-state index in [1.165, 1.54) is 31.5 Å². The Labute approximate surface area is 148 Å². The van der Waals surface area contributed by atoms with Crippen LogP contribution in [0.4, 0.5) is 0 Å². The molecule has 5 nitrogen and oxygen atoms in total. The van der Waals surface area contributed by atoms with Crippen LogP contribution in [-0.2, 0) is 13.1 Å². The van der Waals surface area contributed by atoms with Gasteiger partial charge < -0.3 is 0 Å². The number of likely N-dealkylation sites (tertiary alicyclic amines) is 2. The van der Waals surface area contributed by atoms with E-state index in [1.807, 2.05) is 11.0 Å². The molecular weight excluding hydrogens is 318 g/mol. The lowest BCUT2D eigenvalue weighted by atomic mass is 9.91. The molecule has 4 heterocycles. The SMILES string of the molecule is CC(C)N1[C@@H](Cn2cncn2)C[C@H]2CN(Cc3ccsc3)CC[C@H]21. The van der Waals surface area contributed by atoms with Crippen LogP contribution in [0.3, 0.4) is 0 Å². The molecule has 130 valence electrons. The van der Waals surface area contributed by atoms with E-state index in [-0.39, 0.29) is 0 Å². The zero-order valence-corrected chi connectivity index (χ0v) is 15.4. The van der Waals surface area contributed by atoms with Gasteiger partial charge in [0.05, 0.1) is 6.54 Å². The van der Waals surface area contributed by atoms with Crippen LogP contribution >= 0.6 is 11.3 Å². The molecule has 2 aromatic heterocycles. The Hall–Kier alpha value is -1.24. The zero-order valence-electron chi connectivity index (χ0n) is 14.6. The molecule has 2 aliphatic heterocycles. The summed E-state index contributed by atoms with van der Waals surface area (Å²) in [4.78, 5) is 9.52. The van der Waals surface area contributed by atoms with Gasteiger partial charge in [-0.1, -0.05) is 0 Å². The molecule has 0 radical (unpaired) electrons. The maximum Gasteiger partial charge on any atom is 0.137 e. The van der Waals surface area contributed by atoms with E-state index in [4.69, 9.17) is 0 Å². The average molecular weight is 346 g/mol. The van der Waals surface area contributed by atoms with Crippen molar-refractivity contribution in [2.45, 2.75) is 57.9 Å². The highest BCUT2D eigenvalue weighted by atomic mass is 32.1. The maximum absolute atomic E-state index is 4.33. The normalized spacial score (nSPS) is 28.5. The predicted octanol–water partition coefficient (Wildman–Crippen LogP) is 2.71. The zero-order chi connectivity index (χ0) is 16.5. The molecule has 2 saturated heterocycles. The summed E-state index contributed by atoms with van der Waals surface area (Å²) in [5.74, 6) is 0.785. The molecule has 0 aromatic carbocycles. The monoisotopic (exact) mass is 345 g/mol. The molecule has 0 N–H and O–H groups in total. The fourth-order valence-corrected chi connectivity index (χ4v) is 5.42. The summed E-state index contributed by atoms with van der Waals surface area (Å²) >= 11 is 1.80. The lowest BCUT2D eigenvalue weighted by molar-refractivity contribution is 0.0719. The predicted molar refractivity (Wildman–Crippen MR) is 96.9 cm³/mol. The van der Waals surface area contributed by atoms with Gasteiger partial charge in [-0.25, -0.2) is 4.98 Å². The molecule has 0 bridgehead atoms. The summed E-state index contributed by atoms with van der Waals surface area (Å²) in [6.07, 6.45) is 6.07. The highest BCUT2D eigenvalue weighted by Crippen LogP contribution is 2.38. The quantitative estimate of drug-likeness (QED) is 0.835. The van der Waals surface area contributed by atoms with Gasteiger partial charge in [0, 0.05) is 31.2 Å². The lowest BCUT2D eigenvalue weighted by Gasteiger charge is -2.40. The fraction of sp³-hybridized carbons (Fsp3) is 0.667. The highest BCUT2D eigenvalue weighted by molar-refractivity contribution is 7.07. The minimum absolute atomic E-state index is 0.586. The number of fused-ring (bicyclic) bond motifs is 1. The van der Waals surface area contributed by atoms with Gasteiger partial charge in [-0.15, -0.1) is 0 Å². The van der Waals surface area contributed by atoms with Gasteiger partial charge in [0.15, 0.2) is 0 Å². The molecule has 0 unspecified atom stereocenters. The van der Waals surface area contributed by atoms with Crippen molar-refractivity contribution >= 4 is 11.3 Å². The van der Waals surface area contributed by atoms with Crippen LogP contribution in [0.25, 0.3) is 0 Å². The van der Waals surface area contributed by atoms with E-state index in [9.17, 15) is 0 Å². The van der Waals surface area contributed by atoms with Crippen molar-refractivity contribution in [3.63, 3.8) is 0 Å². The Kier molecular flexibility index (Phi) is 4.70. The van der Waals surface area contributed by atoms with Gasteiger partial charge in [-0.3, -0.25) is 14.5 Å². The molecule has 0 saturated carbocycles. The molecule has 2 fully saturated rings. The summed E-state index contributed by atoms with van der Waals surface area (Å²) < 4.78 is 2.00. The number of hydrogen-bond acceptors (Lipinski definition) is 5. The van der Waals surface area contributed by atoms with E-state index in [0.29, 0.717) is 12.1 Å². The first-order valence-corrected chi connectivity index (χ1v) is 9.98. The minimum atomic E-state index is 0.586. The number of hydrogen-bond donors (Lipinski definition) is 0. The first-order chi connectivity index (χ1) is 11.7. The van der Waals surface area contributed by atoms with Crippen molar-refractivity contribution in [2.24, 2.45) is 5.92 Å². The van der Waals surface area contributed by atoms with Crippen molar-refractivity contribution in [1.82, 2.24) is 24.6 Å². The number of rotatable bonds is 5. The number of aromatic nitrogens is 3. The third-order valence-electron chi connectivity index (χ3n) is 5.60. The van der Waals surface area contributed by atoms with Crippen LogP contribution < -0.4 is 0 Å². The van der Waals surface area contributed by atoms with Gasteiger partial charge in [0.1, 0.15) is 12.7 Å². The van der Waals surface area contributed by atoms with Crippen LogP contribution in [0.15, 0.2) is 29.5 Å². The maximum atomic E-state index is 4.33. The lowest BCUT2D eigenvalue weighted by Crippen LogP contribution is -2.49. The summed E-state index contributed by atoms with van der Waals surface area (Å²) in [5, 5.41) is 8.80. The second kappa shape index (κ2) is 6.94. The first kappa shape index (κ1) is 16.2. The van der Waals surface area contributed by atoms with E-state index in [0.717, 1.165) is 25.0 Å². The van der Waals surface area contributed by atoms with Crippen LogP contribution in [-0.4, -0.2) is 55.8 Å². The largest absolute Gasteiger partial charge is 0.299 e. The van der Waals surface area contributed by atoms with Gasteiger partial charge in [-0.05, 0) is 61.5 Å². The summed E-state index contributed by atoms with van der Waals surface area (Å²) in [5.41, 5.74) is 1.47. The van der Waals surface area contributed by atoms with Crippen molar-refractivity contribution < 1.29 is 0 Å². The number of nitrogens with zero attached hydrogens (tertiary/aromatic N) is 5. The van der Waals surface area contributed by atoms with Gasteiger partial charge in [-0.2, -0.15) is 16.4 Å². The average Bonchev–Trinajstić information content (AvgIpc) is 3.27. The molecule has 4 rings (SSSR count). The third kappa shape index (κ3) is 3.27. The van der Waals surface area contributed by atoms with Gasteiger partial charge in [0.25, 0.3) is 0 Å². The molecule has 6 heteroatoms. The molecular formula is C18H27N5S. The molecule has 24 heavy (non-hydrogen) atoms. The molecule has 2 aromatic rings. The Morgan fingerprint density at radius 3 is 3.00 bits per heavy atom. The molecule has 2 aliphatic rings. The van der Waals surface area contributed by atoms with E-state index >= 15 is 0 Å². The second-order valence-electron chi connectivity index (χ2n) is 7.53. The van der Waals surface area contributed by atoms with E-state index < -0.39 is 0 Å². The van der Waals surface area contributed by atoms with Crippen molar-refractivity contribution in [3.8, 4) is 0 Å². The summed E-state index contributed by atoms with van der Waals surface area (Å²) in [6.45, 7) is 9.22. The van der Waals surface area contributed by atoms with Crippen LogP contribution in [0.2, 0.25) is 0 Å².